The largest absolute Gasteiger partial charge is 0.396 e. The highest BCUT2D eigenvalue weighted by molar-refractivity contribution is 5.20. The third-order valence-electron chi connectivity index (χ3n) is 3.44. The molecule has 0 aromatic heterocycles. The fraction of sp³-hybridized carbons (Fsp3) is 0.600. The fourth-order valence-corrected chi connectivity index (χ4v) is 2.05. The number of aliphatic hydroxyl groups is 1. The van der Waals surface area contributed by atoms with Crippen molar-refractivity contribution in [2.24, 2.45) is 5.92 Å². The summed E-state index contributed by atoms with van der Waals surface area (Å²) in [5.74, 6) is 0.723. The lowest BCUT2D eigenvalue weighted by Gasteiger charge is -2.17. The second kappa shape index (κ2) is 8.22. The molecule has 2 unspecified atom stereocenters. The van der Waals surface area contributed by atoms with Gasteiger partial charge in [0.1, 0.15) is 5.82 Å². The Bertz CT molecular complexity index is 326. The fourth-order valence-electron chi connectivity index (χ4n) is 2.05. The zero-order chi connectivity index (χ0) is 13.4. The van der Waals surface area contributed by atoms with Gasteiger partial charge in [0, 0.05) is 13.2 Å². The molecule has 0 aliphatic rings. The van der Waals surface area contributed by atoms with E-state index in [1.54, 1.807) is 0 Å². The van der Waals surface area contributed by atoms with E-state index < -0.39 is 0 Å². The molecular formula is C15H24FNO. The van der Waals surface area contributed by atoms with Crippen LogP contribution in [0.15, 0.2) is 24.3 Å². The summed E-state index contributed by atoms with van der Waals surface area (Å²) in [5.41, 5.74) is 1.15. The van der Waals surface area contributed by atoms with Crippen molar-refractivity contribution >= 4 is 0 Å². The molecule has 0 saturated carbocycles. The lowest BCUT2D eigenvalue weighted by molar-refractivity contribution is 0.251. The van der Waals surface area contributed by atoms with Gasteiger partial charge in [0.25, 0.3) is 0 Å². The van der Waals surface area contributed by atoms with E-state index in [1.807, 2.05) is 12.1 Å². The van der Waals surface area contributed by atoms with Crippen LogP contribution in [0.25, 0.3) is 0 Å². The van der Waals surface area contributed by atoms with Crippen LogP contribution in [0.5, 0.6) is 0 Å². The lowest BCUT2D eigenvalue weighted by Crippen LogP contribution is -2.26. The summed E-state index contributed by atoms with van der Waals surface area (Å²) >= 11 is 0. The van der Waals surface area contributed by atoms with Crippen molar-refractivity contribution in [1.29, 1.82) is 0 Å². The lowest BCUT2D eigenvalue weighted by atomic mass is 10.00. The predicted molar refractivity (Wildman–Crippen MR) is 73.2 cm³/mol. The van der Waals surface area contributed by atoms with E-state index in [9.17, 15) is 4.39 Å². The molecule has 1 aromatic rings. The zero-order valence-electron chi connectivity index (χ0n) is 11.3. The molecule has 0 radical (unpaired) electrons. The molecule has 1 aromatic carbocycles. The molecular weight excluding hydrogens is 229 g/mol. The average molecular weight is 253 g/mol. The first-order valence-electron chi connectivity index (χ1n) is 6.74. The summed E-state index contributed by atoms with van der Waals surface area (Å²) in [5, 5.41) is 12.3. The Kier molecular flexibility index (Phi) is 6.91. The molecule has 0 saturated heterocycles. The smallest absolute Gasteiger partial charge is 0.123 e. The molecule has 0 bridgehead atoms. The Morgan fingerprint density at radius 2 is 1.89 bits per heavy atom. The number of rotatable bonds is 8. The average Bonchev–Trinajstić information content (AvgIpc) is 2.38. The van der Waals surface area contributed by atoms with Crippen molar-refractivity contribution in [2.45, 2.75) is 32.6 Å². The van der Waals surface area contributed by atoms with E-state index in [2.05, 4.69) is 19.2 Å². The molecule has 1 rings (SSSR count). The molecule has 2 N–H and O–H groups in total. The topological polar surface area (TPSA) is 32.3 Å². The number of halogens is 1. The molecule has 0 heterocycles. The SMILES string of the molecule is CCC(CCO)CNCC(C)c1ccc(F)cc1. The summed E-state index contributed by atoms with van der Waals surface area (Å²) in [4.78, 5) is 0. The van der Waals surface area contributed by atoms with E-state index in [4.69, 9.17) is 5.11 Å². The Balaban J connectivity index is 2.32. The minimum atomic E-state index is -0.187. The molecule has 18 heavy (non-hydrogen) atoms. The number of aliphatic hydroxyl groups excluding tert-OH is 1. The van der Waals surface area contributed by atoms with Crippen molar-refractivity contribution in [2.75, 3.05) is 19.7 Å². The van der Waals surface area contributed by atoms with E-state index in [0.717, 1.165) is 31.5 Å². The van der Waals surface area contributed by atoms with Crippen LogP contribution in [0.2, 0.25) is 0 Å². The zero-order valence-corrected chi connectivity index (χ0v) is 11.3. The van der Waals surface area contributed by atoms with Gasteiger partial charge in [-0.3, -0.25) is 0 Å². The van der Waals surface area contributed by atoms with Gasteiger partial charge in [-0.25, -0.2) is 4.39 Å². The van der Waals surface area contributed by atoms with E-state index in [-0.39, 0.29) is 12.4 Å². The van der Waals surface area contributed by atoms with Crippen molar-refractivity contribution in [1.82, 2.24) is 5.32 Å². The van der Waals surface area contributed by atoms with Crippen LogP contribution in [0, 0.1) is 11.7 Å². The summed E-state index contributed by atoms with van der Waals surface area (Å²) < 4.78 is 12.8. The molecule has 0 spiro atoms. The highest BCUT2D eigenvalue weighted by Gasteiger charge is 2.08. The van der Waals surface area contributed by atoms with Crippen molar-refractivity contribution in [3.05, 3.63) is 35.6 Å². The summed E-state index contributed by atoms with van der Waals surface area (Å²) in [6, 6.07) is 6.69. The molecule has 2 atom stereocenters. The summed E-state index contributed by atoms with van der Waals surface area (Å²) in [7, 11) is 0. The van der Waals surface area contributed by atoms with Crippen LogP contribution in [-0.4, -0.2) is 24.8 Å². The van der Waals surface area contributed by atoms with E-state index >= 15 is 0 Å². The third kappa shape index (κ3) is 5.15. The van der Waals surface area contributed by atoms with E-state index in [1.165, 1.54) is 12.1 Å². The minimum absolute atomic E-state index is 0.187. The first kappa shape index (κ1) is 15.1. The van der Waals surface area contributed by atoms with Gasteiger partial charge in [-0.1, -0.05) is 32.4 Å². The number of benzene rings is 1. The normalized spacial score (nSPS) is 14.4. The molecule has 0 fully saturated rings. The maximum Gasteiger partial charge on any atom is 0.123 e. The van der Waals surface area contributed by atoms with E-state index in [0.29, 0.717) is 11.8 Å². The number of nitrogens with one attached hydrogen (secondary N) is 1. The second-order valence-corrected chi connectivity index (χ2v) is 4.90. The quantitative estimate of drug-likeness (QED) is 0.746. The van der Waals surface area contributed by atoms with Crippen LogP contribution < -0.4 is 5.32 Å². The summed E-state index contributed by atoms with van der Waals surface area (Å²) in [6.45, 7) is 6.35. The van der Waals surface area contributed by atoms with Gasteiger partial charge in [-0.15, -0.1) is 0 Å². The van der Waals surface area contributed by atoms with Gasteiger partial charge < -0.3 is 10.4 Å². The highest BCUT2D eigenvalue weighted by Crippen LogP contribution is 2.15. The first-order valence-corrected chi connectivity index (χ1v) is 6.74. The number of hydrogen-bond acceptors (Lipinski definition) is 2. The van der Waals surface area contributed by atoms with Crippen LogP contribution >= 0.6 is 0 Å². The Morgan fingerprint density at radius 3 is 2.44 bits per heavy atom. The van der Waals surface area contributed by atoms with Gasteiger partial charge >= 0.3 is 0 Å². The maximum atomic E-state index is 12.8. The van der Waals surface area contributed by atoms with Gasteiger partial charge in [0.15, 0.2) is 0 Å². The van der Waals surface area contributed by atoms with Crippen LogP contribution in [0.3, 0.4) is 0 Å². The van der Waals surface area contributed by atoms with Gasteiger partial charge in [-0.05, 0) is 42.5 Å². The Morgan fingerprint density at radius 1 is 1.22 bits per heavy atom. The van der Waals surface area contributed by atoms with Crippen LogP contribution in [-0.2, 0) is 0 Å². The standard InChI is InChI=1S/C15H24FNO/c1-3-13(8-9-18)11-17-10-12(2)14-4-6-15(16)7-5-14/h4-7,12-13,17-18H,3,8-11H2,1-2H3. The van der Waals surface area contributed by atoms with Gasteiger partial charge in [-0.2, -0.15) is 0 Å². The van der Waals surface area contributed by atoms with Gasteiger partial charge in [0.2, 0.25) is 0 Å². The monoisotopic (exact) mass is 253 g/mol. The minimum Gasteiger partial charge on any atom is -0.396 e. The molecule has 2 nitrogen and oxygen atoms in total. The molecule has 0 aliphatic heterocycles. The maximum absolute atomic E-state index is 12.8. The third-order valence-corrected chi connectivity index (χ3v) is 3.44. The molecule has 0 amide bonds. The first-order chi connectivity index (χ1) is 8.67. The second-order valence-electron chi connectivity index (χ2n) is 4.90. The van der Waals surface area contributed by atoms with Crippen molar-refractivity contribution < 1.29 is 9.50 Å². The Labute approximate surface area is 109 Å². The predicted octanol–water partition coefficient (Wildman–Crippen LogP) is 2.93. The highest BCUT2D eigenvalue weighted by atomic mass is 19.1. The summed E-state index contributed by atoms with van der Waals surface area (Å²) in [6.07, 6.45) is 1.94. The Hall–Kier alpha value is -0.930. The van der Waals surface area contributed by atoms with Crippen LogP contribution in [0.4, 0.5) is 4.39 Å². The van der Waals surface area contributed by atoms with Crippen LogP contribution in [0.1, 0.15) is 38.2 Å². The number of hydrogen-bond donors (Lipinski definition) is 2. The molecule has 102 valence electrons. The van der Waals surface area contributed by atoms with Gasteiger partial charge in [0.05, 0.1) is 0 Å². The molecule has 0 aliphatic carbocycles. The molecule has 3 heteroatoms. The van der Waals surface area contributed by atoms with Crippen molar-refractivity contribution in [3.8, 4) is 0 Å². The van der Waals surface area contributed by atoms with Crippen molar-refractivity contribution in [3.63, 3.8) is 0 Å².